The molecule has 0 aliphatic carbocycles. The third-order valence-corrected chi connectivity index (χ3v) is 1.30. The van der Waals surface area contributed by atoms with Gasteiger partial charge in [0.05, 0.1) is 7.85 Å². The first-order valence-electron chi connectivity index (χ1n) is 2.68. The highest BCUT2D eigenvalue weighted by atomic mass is 19.4. The van der Waals surface area contributed by atoms with Gasteiger partial charge < -0.3 is 0 Å². The first-order chi connectivity index (χ1) is 3.85. The molecule has 0 rings (SSSR count). The van der Waals surface area contributed by atoms with Gasteiger partial charge in [0.1, 0.15) is 0 Å². The molecule has 0 spiro atoms. The van der Waals surface area contributed by atoms with Crippen LogP contribution in [0.5, 0.6) is 0 Å². The van der Waals surface area contributed by atoms with Crippen LogP contribution in [-0.4, -0.2) is 14.0 Å². The minimum absolute atomic E-state index is 0.815. The quantitative estimate of drug-likeness (QED) is 0.484. The molecule has 0 saturated carbocycles. The summed E-state index contributed by atoms with van der Waals surface area (Å²) in [6.07, 6.45) is -4.14. The van der Waals surface area contributed by atoms with Gasteiger partial charge in [-0.3, -0.25) is 0 Å². The Morgan fingerprint density at radius 3 is 1.56 bits per heavy atom. The van der Waals surface area contributed by atoms with Crippen molar-refractivity contribution in [1.29, 1.82) is 0 Å². The SMILES string of the molecule is [B]C(C)C(C)C(F)(F)F. The Morgan fingerprint density at radius 1 is 1.22 bits per heavy atom. The van der Waals surface area contributed by atoms with Gasteiger partial charge in [0, 0.05) is 5.92 Å². The molecule has 0 aromatic carbocycles. The summed E-state index contributed by atoms with van der Waals surface area (Å²) in [4.78, 5) is 0. The van der Waals surface area contributed by atoms with E-state index in [1.165, 1.54) is 6.92 Å². The third kappa shape index (κ3) is 2.77. The van der Waals surface area contributed by atoms with Crippen LogP contribution in [-0.2, 0) is 0 Å². The lowest BCUT2D eigenvalue weighted by molar-refractivity contribution is -0.169. The van der Waals surface area contributed by atoms with E-state index in [0.29, 0.717) is 0 Å². The summed E-state index contributed by atoms with van der Waals surface area (Å²) in [5.41, 5.74) is 0. The minimum atomic E-state index is -4.14. The molecule has 0 aromatic heterocycles. The lowest BCUT2D eigenvalue weighted by atomic mass is 9.79. The molecule has 0 heterocycles. The van der Waals surface area contributed by atoms with Gasteiger partial charge in [0.25, 0.3) is 0 Å². The summed E-state index contributed by atoms with van der Waals surface area (Å²) in [7, 11) is 5.00. The summed E-state index contributed by atoms with van der Waals surface area (Å²) in [5.74, 6) is -2.22. The van der Waals surface area contributed by atoms with E-state index in [2.05, 4.69) is 0 Å². The van der Waals surface area contributed by atoms with E-state index in [9.17, 15) is 13.2 Å². The molecule has 9 heavy (non-hydrogen) atoms. The molecule has 0 aromatic rings. The first-order valence-corrected chi connectivity index (χ1v) is 2.68. The van der Waals surface area contributed by atoms with Gasteiger partial charge >= 0.3 is 6.18 Å². The summed E-state index contributed by atoms with van der Waals surface area (Å²) in [5, 5.41) is 0. The number of halogens is 3. The van der Waals surface area contributed by atoms with Crippen LogP contribution in [0, 0.1) is 5.92 Å². The summed E-state index contributed by atoms with van der Waals surface area (Å²) >= 11 is 0. The average molecular weight is 136 g/mol. The Kier molecular flexibility index (Phi) is 2.58. The lowest BCUT2D eigenvalue weighted by Gasteiger charge is -2.18. The average Bonchev–Trinajstić information content (AvgIpc) is 1.62. The Hall–Kier alpha value is -0.145. The topological polar surface area (TPSA) is 0 Å². The predicted molar refractivity (Wildman–Crippen MR) is 30.4 cm³/mol. The van der Waals surface area contributed by atoms with E-state index in [1.54, 1.807) is 0 Å². The van der Waals surface area contributed by atoms with Crippen molar-refractivity contribution in [3.8, 4) is 0 Å². The van der Waals surface area contributed by atoms with Gasteiger partial charge in [-0.15, -0.1) is 0 Å². The number of hydrogen-bond acceptors (Lipinski definition) is 0. The fraction of sp³-hybridized carbons (Fsp3) is 1.00. The smallest absolute Gasteiger partial charge is 0.171 e. The molecule has 2 unspecified atom stereocenters. The molecule has 0 amide bonds. The second kappa shape index (κ2) is 2.63. The van der Waals surface area contributed by atoms with Crippen LogP contribution in [0.2, 0.25) is 5.82 Å². The second-order valence-corrected chi connectivity index (χ2v) is 2.19. The molecule has 2 radical (unpaired) electrons. The van der Waals surface area contributed by atoms with Crippen molar-refractivity contribution in [2.75, 3.05) is 0 Å². The molecule has 0 N–H and O–H groups in total. The standard InChI is InChI=1S/C5H8BF3/c1-3(4(2)6)5(7,8)9/h3-4H,1-2H3. The van der Waals surface area contributed by atoms with Crippen LogP contribution < -0.4 is 0 Å². The van der Waals surface area contributed by atoms with E-state index in [-0.39, 0.29) is 0 Å². The number of alkyl halides is 3. The van der Waals surface area contributed by atoms with Gasteiger partial charge in [-0.25, -0.2) is 0 Å². The van der Waals surface area contributed by atoms with Gasteiger partial charge in [0.2, 0.25) is 0 Å². The molecule has 4 heteroatoms. The Balaban J connectivity index is 3.88. The van der Waals surface area contributed by atoms with E-state index >= 15 is 0 Å². The van der Waals surface area contributed by atoms with Crippen molar-refractivity contribution in [3.05, 3.63) is 0 Å². The van der Waals surface area contributed by atoms with Crippen LogP contribution >= 0.6 is 0 Å². The Bertz CT molecular complexity index is 86.7. The van der Waals surface area contributed by atoms with Crippen molar-refractivity contribution in [1.82, 2.24) is 0 Å². The van der Waals surface area contributed by atoms with Crippen LogP contribution in [0.15, 0.2) is 0 Å². The van der Waals surface area contributed by atoms with Gasteiger partial charge in [-0.2, -0.15) is 13.2 Å². The van der Waals surface area contributed by atoms with Crippen molar-refractivity contribution in [2.45, 2.75) is 25.8 Å². The van der Waals surface area contributed by atoms with Gasteiger partial charge in [-0.05, 0) is 0 Å². The van der Waals surface area contributed by atoms with E-state index in [0.717, 1.165) is 6.92 Å². The lowest BCUT2D eigenvalue weighted by Crippen LogP contribution is -2.22. The second-order valence-electron chi connectivity index (χ2n) is 2.19. The molecule has 0 aliphatic heterocycles. The number of hydrogen-bond donors (Lipinski definition) is 0. The summed E-state index contributed by atoms with van der Waals surface area (Å²) in [6, 6.07) is 0. The Morgan fingerprint density at radius 2 is 1.56 bits per heavy atom. The predicted octanol–water partition coefficient (Wildman–Crippen LogP) is 2.16. The highest BCUT2D eigenvalue weighted by Crippen LogP contribution is 2.32. The molecule has 0 nitrogen and oxygen atoms in total. The molecular weight excluding hydrogens is 128 g/mol. The molecule has 0 bridgehead atoms. The van der Waals surface area contributed by atoms with Crippen LogP contribution in [0.3, 0.4) is 0 Å². The molecule has 52 valence electrons. The Labute approximate surface area is 53.8 Å². The molecule has 2 atom stereocenters. The zero-order valence-electron chi connectivity index (χ0n) is 5.37. The highest BCUT2D eigenvalue weighted by molar-refractivity contribution is 6.11. The minimum Gasteiger partial charge on any atom is -0.171 e. The molecule has 0 fully saturated rings. The molecule has 0 aliphatic rings. The fourth-order valence-corrected chi connectivity index (χ4v) is 0.298. The van der Waals surface area contributed by atoms with Crippen LogP contribution in [0.25, 0.3) is 0 Å². The monoisotopic (exact) mass is 136 g/mol. The van der Waals surface area contributed by atoms with Crippen LogP contribution in [0.4, 0.5) is 13.2 Å². The third-order valence-electron chi connectivity index (χ3n) is 1.30. The summed E-state index contributed by atoms with van der Waals surface area (Å²) < 4.78 is 34.9. The number of rotatable bonds is 1. The zero-order valence-corrected chi connectivity index (χ0v) is 5.37. The summed E-state index contributed by atoms with van der Waals surface area (Å²) in [6.45, 7) is 2.42. The van der Waals surface area contributed by atoms with Crippen molar-refractivity contribution in [2.24, 2.45) is 5.92 Å². The fourth-order valence-electron chi connectivity index (χ4n) is 0.298. The van der Waals surface area contributed by atoms with Crippen LogP contribution in [0.1, 0.15) is 13.8 Å². The maximum atomic E-state index is 11.6. The zero-order chi connectivity index (χ0) is 7.65. The van der Waals surface area contributed by atoms with Crippen molar-refractivity contribution < 1.29 is 13.2 Å². The molecular formula is C5H8BF3. The normalized spacial score (nSPS) is 19.2. The maximum Gasteiger partial charge on any atom is 0.391 e. The molecule has 0 saturated heterocycles. The first kappa shape index (κ1) is 8.85. The van der Waals surface area contributed by atoms with E-state index in [1.807, 2.05) is 0 Å². The van der Waals surface area contributed by atoms with Crippen molar-refractivity contribution >= 4 is 7.85 Å². The van der Waals surface area contributed by atoms with Crippen molar-refractivity contribution in [3.63, 3.8) is 0 Å². The van der Waals surface area contributed by atoms with E-state index < -0.39 is 17.9 Å². The van der Waals surface area contributed by atoms with E-state index in [4.69, 9.17) is 7.85 Å². The van der Waals surface area contributed by atoms with Gasteiger partial charge in [0.15, 0.2) is 0 Å². The largest absolute Gasteiger partial charge is 0.391 e. The highest BCUT2D eigenvalue weighted by Gasteiger charge is 2.37. The van der Waals surface area contributed by atoms with Gasteiger partial charge in [-0.1, -0.05) is 19.7 Å². The maximum absolute atomic E-state index is 11.6.